The molecule has 0 radical (unpaired) electrons. The second kappa shape index (κ2) is 6.22. The van der Waals surface area contributed by atoms with E-state index in [1.54, 1.807) is 25.1 Å². The van der Waals surface area contributed by atoms with Crippen molar-refractivity contribution in [2.24, 2.45) is 0 Å². The fraction of sp³-hybridized carbons (Fsp3) is 0.429. The second-order valence-corrected chi connectivity index (χ2v) is 4.62. The van der Waals surface area contributed by atoms with E-state index in [2.05, 4.69) is 4.74 Å². The lowest BCUT2D eigenvalue weighted by Crippen LogP contribution is -2.41. The van der Waals surface area contributed by atoms with Crippen molar-refractivity contribution in [2.75, 3.05) is 19.4 Å². The third-order valence-corrected chi connectivity index (χ3v) is 3.02. The number of nitrogens with two attached hydrogens (primary N) is 1. The number of ether oxygens (including phenoxy) is 1. The fourth-order valence-electron chi connectivity index (χ4n) is 1.73. The first-order chi connectivity index (χ1) is 8.88. The molecule has 1 aromatic carbocycles. The van der Waals surface area contributed by atoms with Gasteiger partial charge in [0.05, 0.1) is 7.11 Å². The predicted molar refractivity (Wildman–Crippen MR) is 73.8 cm³/mol. The second-order valence-electron chi connectivity index (χ2n) is 4.62. The average molecular weight is 264 g/mol. The Morgan fingerprint density at radius 1 is 1.37 bits per heavy atom. The molecule has 19 heavy (non-hydrogen) atoms. The number of anilines is 1. The van der Waals surface area contributed by atoms with Gasteiger partial charge < -0.3 is 15.4 Å². The summed E-state index contributed by atoms with van der Waals surface area (Å²) >= 11 is 0. The number of esters is 1. The summed E-state index contributed by atoms with van der Waals surface area (Å²) in [6.45, 7) is 5.42. The number of carbonyl (C=O) groups excluding carboxylic acids is 2. The number of hydrogen-bond acceptors (Lipinski definition) is 4. The van der Waals surface area contributed by atoms with Crippen molar-refractivity contribution < 1.29 is 14.3 Å². The SMILES string of the molecule is COC(=O)CN(C(=O)c1cccc(N)c1C)C(C)C. The molecule has 104 valence electrons. The number of rotatable bonds is 4. The molecule has 0 aliphatic carbocycles. The Morgan fingerprint density at radius 2 is 2.00 bits per heavy atom. The molecule has 1 aromatic rings. The minimum atomic E-state index is -0.441. The van der Waals surface area contributed by atoms with Crippen LogP contribution in [0.15, 0.2) is 18.2 Å². The highest BCUT2D eigenvalue weighted by molar-refractivity contribution is 5.98. The van der Waals surface area contributed by atoms with Crippen molar-refractivity contribution in [1.82, 2.24) is 4.90 Å². The molecular formula is C14H20N2O3. The topological polar surface area (TPSA) is 72.6 Å². The molecule has 0 saturated heterocycles. The maximum absolute atomic E-state index is 12.5. The van der Waals surface area contributed by atoms with Gasteiger partial charge in [-0.3, -0.25) is 9.59 Å². The van der Waals surface area contributed by atoms with Gasteiger partial charge in [0.25, 0.3) is 5.91 Å². The first kappa shape index (κ1) is 15.0. The van der Waals surface area contributed by atoms with Crippen molar-refractivity contribution in [3.05, 3.63) is 29.3 Å². The molecular weight excluding hydrogens is 244 g/mol. The zero-order valence-corrected chi connectivity index (χ0v) is 11.8. The maximum atomic E-state index is 12.5. The molecule has 0 heterocycles. The number of benzene rings is 1. The predicted octanol–water partition coefficient (Wildman–Crippen LogP) is 1.60. The van der Waals surface area contributed by atoms with Crippen LogP contribution in [-0.4, -0.2) is 36.5 Å². The average Bonchev–Trinajstić information content (AvgIpc) is 2.37. The number of methoxy groups -OCH3 is 1. The van der Waals surface area contributed by atoms with Crippen LogP contribution in [0.25, 0.3) is 0 Å². The van der Waals surface area contributed by atoms with Crippen molar-refractivity contribution in [1.29, 1.82) is 0 Å². The van der Waals surface area contributed by atoms with Crippen LogP contribution in [0, 0.1) is 6.92 Å². The summed E-state index contributed by atoms with van der Waals surface area (Å²) in [5.74, 6) is -0.659. The van der Waals surface area contributed by atoms with Gasteiger partial charge >= 0.3 is 5.97 Å². The maximum Gasteiger partial charge on any atom is 0.325 e. The number of amides is 1. The summed E-state index contributed by atoms with van der Waals surface area (Å²) in [7, 11) is 1.30. The quantitative estimate of drug-likeness (QED) is 0.662. The van der Waals surface area contributed by atoms with E-state index < -0.39 is 5.97 Å². The van der Waals surface area contributed by atoms with Gasteiger partial charge in [-0.15, -0.1) is 0 Å². The third kappa shape index (κ3) is 3.47. The lowest BCUT2D eigenvalue weighted by atomic mass is 10.1. The van der Waals surface area contributed by atoms with Crippen LogP contribution in [-0.2, 0) is 9.53 Å². The van der Waals surface area contributed by atoms with Crippen LogP contribution in [0.2, 0.25) is 0 Å². The molecule has 2 N–H and O–H groups in total. The van der Waals surface area contributed by atoms with Crippen LogP contribution in [0.3, 0.4) is 0 Å². The Hall–Kier alpha value is -2.04. The minimum absolute atomic E-state index is 0.0682. The van der Waals surface area contributed by atoms with E-state index in [4.69, 9.17) is 5.73 Å². The molecule has 1 amide bonds. The van der Waals surface area contributed by atoms with Gasteiger partial charge in [-0.25, -0.2) is 0 Å². The molecule has 0 spiro atoms. The van der Waals surface area contributed by atoms with E-state index in [-0.39, 0.29) is 18.5 Å². The highest BCUT2D eigenvalue weighted by Crippen LogP contribution is 2.18. The Morgan fingerprint density at radius 3 is 2.53 bits per heavy atom. The Balaban J connectivity index is 3.06. The molecule has 5 nitrogen and oxygen atoms in total. The molecule has 1 rings (SSSR count). The smallest absolute Gasteiger partial charge is 0.325 e. The summed E-state index contributed by atoms with van der Waals surface area (Å²) in [5.41, 5.74) is 7.60. The first-order valence-electron chi connectivity index (χ1n) is 6.11. The number of nitrogens with zero attached hydrogens (tertiary/aromatic N) is 1. The molecule has 5 heteroatoms. The zero-order chi connectivity index (χ0) is 14.6. The first-order valence-corrected chi connectivity index (χ1v) is 6.11. The Kier molecular flexibility index (Phi) is 4.92. The van der Waals surface area contributed by atoms with Crippen LogP contribution in [0.1, 0.15) is 29.8 Å². The summed E-state index contributed by atoms with van der Waals surface area (Å²) in [6.07, 6.45) is 0. The third-order valence-electron chi connectivity index (χ3n) is 3.02. The number of carbonyl (C=O) groups is 2. The lowest BCUT2D eigenvalue weighted by molar-refractivity contribution is -0.141. The highest BCUT2D eigenvalue weighted by Gasteiger charge is 2.23. The summed E-state index contributed by atoms with van der Waals surface area (Å²) in [4.78, 5) is 25.3. The minimum Gasteiger partial charge on any atom is -0.468 e. The Labute approximate surface area is 113 Å². The van der Waals surface area contributed by atoms with Crippen LogP contribution >= 0.6 is 0 Å². The van der Waals surface area contributed by atoms with E-state index >= 15 is 0 Å². The standard InChI is InChI=1S/C14H20N2O3/c1-9(2)16(8-13(17)19-4)14(18)11-6-5-7-12(15)10(11)3/h5-7,9H,8,15H2,1-4H3. The fourth-order valence-corrected chi connectivity index (χ4v) is 1.73. The summed E-state index contributed by atoms with van der Waals surface area (Å²) < 4.78 is 4.61. The van der Waals surface area contributed by atoms with Crippen molar-refractivity contribution in [3.63, 3.8) is 0 Å². The van der Waals surface area contributed by atoms with E-state index in [1.165, 1.54) is 12.0 Å². The lowest BCUT2D eigenvalue weighted by Gasteiger charge is -2.26. The zero-order valence-electron chi connectivity index (χ0n) is 11.8. The molecule has 0 aliphatic heterocycles. The number of hydrogen-bond donors (Lipinski definition) is 1. The van der Waals surface area contributed by atoms with E-state index in [9.17, 15) is 9.59 Å². The van der Waals surface area contributed by atoms with Gasteiger partial charge in [0.15, 0.2) is 0 Å². The molecule has 0 aromatic heterocycles. The van der Waals surface area contributed by atoms with Crippen molar-refractivity contribution >= 4 is 17.6 Å². The van der Waals surface area contributed by atoms with Gasteiger partial charge in [0.1, 0.15) is 6.54 Å². The normalized spacial score (nSPS) is 10.4. The van der Waals surface area contributed by atoms with Crippen molar-refractivity contribution in [2.45, 2.75) is 26.8 Å². The largest absolute Gasteiger partial charge is 0.468 e. The summed E-state index contributed by atoms with van der Waals surface area (Å²) in [5, 5.41) is 0. The molecule has 0 saturated carbocycles. The van der Waals surface area contributed by atoms with Gasteiger partial charge in [0, 0.05) is 17.3 Å². The van der Waals surface area contributed by atoms with Crippen LogP contribution in [0.4, 0.5) is 5.69 Å². The van der Waals surface area contributed by atoms with Gasteiger partial charge in [0.2, 0.25) is 0 Å². The van der Waals surface area contributed by atoms with Gasteiger partial charge in [-0.2, -0.15) is 0 Å². The molecule has 0 bridgehead atoms. The Bertz CT molecular complexity index is 484. The van der Waals surface area contributed by atoms with Gasteiger partial charge in [-0.05, 0) is 38.5 Å². The summed E-state index contributed by atoms with van der Waals surface area (Å²) in [6, 6.07) is 5.08. The van der Waals surface area contributed by atoms with Crippen molar-refractivity contribution in [3.8, 4) is 0 Å². The highest BCUT2D eigenvalue weighted by atomic mass is 16.5. The van der Waals surface area contributed by atoms with E-state index in [0.717, 1.165) is 5.56 Å². The van der Waals surface area contributed by atoms with E-state index in [0.29, 0.717) is 11.3 Å². The molecule has 0 aliphatic rings. The molecule has 0 atom stereocenters. The van der Waals surface area contributed by atoms with Crippen LogP contribution < -0.4 is 5.73 Å². The van der Waals surface area contributed by atoms with Gasteiger partial charge in [-0.1, -0.05) is 6.07 Å². The van der Waals surface area contributed by atoms with Crippen LogP contribution in [0.5, 0.6) is 0 Å². The molecule has 0 fully saturated rings. The monoisotopic (exact) mass is 264 g/mol. The van der Waals surface area contributed by atoms with E-state index in [1.807, 2.05) is 13.8 Å². The number of nitrogen functional groups attached to an aromatic ring is 1. The molecule has 0 unspecified atom stereocenters.